The molecule has 0 spiro atoms. The molecule has 0 bridgehead atoms. The molecule has 2 aromatic heterocycles. The molecule has 0 fully saturated rings. The molecule has 1 N–H and O–H groups in total. The summed E-state index contributed by atoms with van der Waals surface area (Å²) in [5, 5.41) is 3.28. The number of amides is 1. The molecule has 0 radical (unpaired) electrons. The lowest BCUT2D eigenvalue weighted by molar-refractivity contribution is 0.102. The Morgan fingerprint density at radius 3 is 2.85 bits per heavy atom. The Morgan fingerprint density at radius 1 is 1.25 bits per heavy atom. The van der Waals surface area contributed by atoms with Crippen molar-refractivity contribution in [3.8, 4) is 0 Å². The minimum absolute atomic E-state index is 0.246. The molecule has 0 aliphatic carbocycles. The molecular formula is C15H12ClN3O. The summed E-state index contributed by atoms with van der Waals surface area (Å²) in [7, 11) is 0. The Morgan fingerprint density at radius 2 is 2.05 bits per heavy atom. The molecule has 1 amide bonds. The zero-order chi connectivity index (χ0) is 14.1. The predicted molar refractivity (Wildman–Crippen MR) is 79.3 cm³/mol. The van der Waals surface area contributed by atoms with E-state index >= 15 is 0 Å². The number of anilines is 1. The van der Waals surface area contributed by atoms with Gasteiger partial charge in [0.05, 0.1) is 22.0 Å². The molecule has 0 aliphatic rings. The van der Waals surface area contributed by atoms with Gasteiger partial charge in [-0.2, -0.15) is 0 Å². The van der Waals surface area contributed by atoms with Gasteiger partial charge in [0.25, 0.3) is 5.91 Å². The highest BCUT2D eigenvalue weighted by molar-refractivity contribution is 6.34. The predicted octanol–water partition coefficient (Wildman–Crippen LogP) is 3.55. The number of aromatic nitrogens is 2. The van der Waals surface area contributed by atoms with Crippen molar-refractivity contribution in [1.29, 1.82) is 0 Å². The van der Waals surface area contributed by atoms with Crippen molar-refractivity contribution in [2.75, 3.05) is 5.32 Å². The van der Waals surface area contributed by atoms with Gasteiger partial charge in [0, 0.05) is 12.4 Å². The largest absolute Gasteiger partial charge is 0.319 e. The number of imidazole rings is 1. The van der Waals surface area contributed by atoms with Crippen LogP contribution in [-0.4, -0.2) is 15.3 Å². The van der Waals surface area contributed by atoms with Gasteiger partial charge >= 0.3 is 0 Å². The standard InChI is InChI=1S/C15H12ClN3O/c1-10-9-19-8-4-7-13(14(19)17-10)18-15(20)11-5-2-3-6-12(11)16/h2-9H,1H3,(H,18,20). The lowest BCUT2D eigenvalue weighted by atomic mass is 10.2. The van der Waals surface area contributed by atoms with Crippen LogP contribution in [0.5, 0.6) is 0 Å². The summed E-state index contributed by atoms with van der Waals surface area (Å²) in [5.41, 5.74) is 2.71. The van der Waals surface area contributed by atoms with E-state index in [0.717, 1.165) is 5.69 Å². The average Bonchev–Trinajstić information content (AvgIpc) is 2.80. The minimum Gasteiger partial charge on any atom is -0.319 e. The van der Waals surface area contributed by atoms with Crippen molar-refractivity contribution >= 4 is 28.8 Å². The van der Waals surface area contributed by atoms with E-state index in [1.165, 1.54) is 0 Å². The van der Waals surface area contributed by atoms with E-state index in [1.54, 1.807) is 24.3 Å². The van der Waals surface area contributed by atoms with Crippen molar-refractivity contribution in [1.82, 2.24) is 9.38 Å². The number of rotatable bonds is 2. The number of pyridine rings is 1. The molecule has 3 rings (SSSR count). The molecule has 0 aliphatic heterocycles. The fourth-order valence-corrected chi connectivity index (χ4v) is 2.29. The summed E-state index contributed by atoms with van der Waals surface area (Å²) < 4.78 is 1.87. The Kier molecular flexibility index (Phi) is 3.16. The van der Waals surface area contributed by atoms with Crippen LogP contribution < -0.4 is 5.32 Å². The van der Waals surface area contributed by atoms with Crippen molar-refractivity contribution in [2.24, 2.45) is 0 Å². The lowest BCUT2D eigenvalue weighted by Crippen LogP contribution is -2.13. The number of nitrogens with one attached hydrogen (secondary N) is 1. The van der Waals surface area contributed by atoms with Gasteiger partial charge in [0.15, 0.2) is 5.65 Å². The molecule has 4 nitrogen and oxygen atoms in total. The smallest absolute Gasteiger partial charge is 0.257 e. The summed E-state index contributed by atoms with van der Waals surface area (Å²) in [5.74, 6) is -0.246. The molecule has 2 heterocycles. The molecule has 3 aromatic rings. The Labute approximate surface area is 121 Å². The van der Waals surface area contributed by atoms with Gasteiger partial charge in [-0.05, 0) is 31.2 Å². The van der Waals surface area contributed by atoms with Crippen LogP contribution in [0.4, 0.5) is 5.69 Å². The zero-order valence-corrected chi connectivity index (χ0v) is 11.6. The topological polar surface area (TPSA) is 46.4 Å². The first kappa shape index (κ1) is 12.7. The zero-order valence-electron chi connectivity index (χ0n) is 10.8. The van der Waals surface area contributed by atoms with Crippen LogP contribution in [-0.2, 0) is 0 Å². The van der Waals surface area contributed by atoms with Crippen LogP contribution in [0.1, 0.15) is 16.1 Å². The number of hydrogen-bond donors (Lipinski definition) is 1. The van der Waals surface area contributed by atoms with Gasteiger partial charge in [0.1, 0.15) is 0 Å². The third-order valence-corrected chi connectivity index (χ3v) is 3.30. The highest BCUT2D eigenvalue weighted by Gasteiger charge is 2.12. The highest BCUT2D eigenvalue weighted by atomic mass is 35.5. The van der Waals surface area contributed by atoms with Gasteiger partial charge in [0.2, 0.25) is 0 Å². The molecule has 20 heavy (non-hydrogen) atoms. The summed E-state index contributed by atoms with van der Waals surface area (Å²) in [6.07, 6.45) is 3.79. The van der Waals surface area contributed by atoms with Gasteiger partial charge < -0.3 is 9.72 Å². The first-order valence-corrected chi connectivity index (χ1v) is 6.53. The van der Waals surface area contributed by atoms with Crippen LogP contribution >= 0.6 is 11.6 Å². The molecule has 5 heteroatoms. The maximum absolute atomic E-state index is 12.3. The molecule has 0 unspecified atom stereocenters. The summed E-state index contributed by atoms with van der Waals surface area (Å²) >= 11 is 6.03. The maximum Gasteiger partial charge on any atom is 0.257 e. The van der Waals surface area contributed by atoms with Crippen molar-refractivity contribution in [3.63, 3.8) is 0 Å². The molecule has 0 atom stereocenters. The Bertz CT molecular complexity index is 795. The van der Waals surface area contributed by atoms with Crippen LogP contribution in [0.2, 0.25) is 5.02 Å². The second-order valence-corrected chi connectivity index (χ2v) is 4.88. The van der Waals surface area contributed by atoms with E-state index < -0.39 is 0 Å². The molecular weight excluding hydrogens is 274 g/mol. The summed E-state index contributed by atoms with van der Waals surface area (Å²) in [6.45, 7) is 1.91. The van der Waals surface area contributed by atoms with E-state index in [2.05, 4.69) is 10.3 Å². The van der Waals surface area contributed by atoms with Gasteiger partial charge in [-0.15, -0.1) is 0 Å². The number of halogens is 1. The van der Waals surface area contributed by atoms with E-state index in [1.807, 2.05) is 35.9 Å². The number of benzene rings is 1. The second-order valence-electron chi connectivity index (χ2n) is 4.47. The van der Waals surface area contributed by atoms with E-state index in [9.17, 15) is 4.79 Å². The summed E-state index contributed by atoms with van der Waals surface area (Å²) in [4.78, 5) is 16.7. The molecule has 0 saturated heterocycles. The number of hydrogen-bond acceptors (Lipinski definition) is 2. The molecule has 100 valence electrons. The van der Waals surface area contributed by atoms with Gasteiger partial charge in [-0.1, -0.05) is 23.7 Å². The quantitative estimate of drug-likeness (QED) is 0.783. The first-order valence-electron chi connectivity index (χ1n) is 6.15. The fraction of sp³-hybridized carbons (Fsp3) is 0.0667. The maximum atomic E-state index is 12.3. The minimum atomic E-state index is -0.246. The average molecular weight is 286 g/mol. The SMILES string of the molecule is Cc1cn2cccc(NC(=O)c3ccccc3Cl)c2n1. The summed E-state index contributed by atoms with van der Waals surface area (Å²) in [6, 6.07) is 10.6. The normalized spacial score (nSPS) is 10.7. The second kappa shape index (κ2) is 4.98. The number of fused-ring (bicyclic) bond motifs is 1. The van der Waals surface area contributed by atoms with Crippen LogP contribution in [0.3, 0.4) is 0 Å². The van der Waals surface area contributed by atoms with Crippen molar-refractivity contribution in [3.05, 3.63) is 65.1 Å². The number of carbonyl (C=O) groups excluding carboxylic acids is 1. The number of nitrogens with zero attached hydrogens (tertiary/aromatic N) is 2. The van der Waals surface area contributed by atoms with Gasteiger partial charge in [-0.3, -0.25) is 4.79 Å². The van der Waals surface area contributed by atoms with Crippen LogP contribution in [0.15, 0.2) is 48.8 Å². The first-order chi connectivity index (χ1) is 9.65. The Hall–Kier alpha value is -2.33. The van der Waals surface area contributed by atoms with E-state index in [0.29, 0.717) is 21.9 Å². The highest BCUT2D eigenvalue weighted by Crippen LogP contribution is 2.20. The molecule has 0 saturated carbocycles. The van der Waals surface area contributed by atoms with E-state index in [-0.39, 0.29) is 5.91 Å². The van der Waals surface area contributed by atoms with E-state index in [4.69, 9.17) is 11.6 Å². The third kappa shape index (κ3) is 2.26. The third-order valence-electron chi connectivity index (χ3n) is 2.97. The number of aryl methyl sites for hydroxylation is 1. The molecule has 1 aromatic carbocycles. The number of carbonyl (C=O) groups is 1. The van der Waals surface area contributed by atoms with Crippen LogP contribution in [0, 0.1) is 6.92 Å². The van der Waals surface area contributed by atoms with Crippen molar-refractivity contribution in [2.45, 2.75) is 6.92 Å². The fourth-order valence-electron chi connectivity index (χ4n) is 2.07. The van der Waals surface area contributed by atoms with Crippen LogP contribution in [0.25, 0.3) is 5.65 Å². The lowest BCUT2D eigenvalue weighted by Gasteiger charge is -2.07. The van der Waals surface area contributed by atoms with Crippen molar-refractivity contribution < 1.29 is 4.79 Å². The monoisotopic (exact) mass is 285 g/mol. The van der Waals surface area contributed by atoms with Gasteiger partial charge in [-0.25, -0.2) is 4.98 Å². The Balaban J connectivity index is 1.97.